The Kier molecular flexibility index (Phi) is 3.19. The Balaban J connectivity index is 2.03. The van der Waals surface area contributed by atoms with Crippen LogP contribution in [0.4, 0.5) is 5.69 Å². The number of rotatable bonds is 4. The van der Waals surface area contributed by atoms with E-state index in [1.807, 2.05) is 17.7 Å². The molecule has 7 heteroatoms. The molecule has 1 aromatic carbocycles. The van der Waals surface area contributed by atoms with Crippen molar-refractivity contribution in [1.29, 1.82) is 0 Å². The minimum absolute atomic E-state index is 0.0313. The summed E-state index contributed by atoms with van der Waals surface area (Å²) in [5, 5.41) is 19.0. The van der Waals surface area contributed by atoms with Gasteiger partial charge in [-0.3, -0.25) is 10.1 Å². The first-order valence-electron chi connectivity index (χ1n) is 6.33. The second-order valence-corrected chi connectivity index (χ2v) is 4.93. The van der Waals surface area contributed by atoms with Crippen LogP contribution in [0.5, 0.6) is 0 Å². The fraction of sp³-hybridized carbons (Fsp3) is 0.385. The van der Waals surface area contributed by atoms with Crippen molar-refractivity contribution in [2.75, 3.05) is 13.2 Å². The van der Waals surface area contributed by atoms with Gasteiger partial charge in [-0.15, -0.1) is 10.2 Å². The van der Waals surface area contributed by atoms with Crippen molar-refractivity contribution in [3.05, 3.63) is 52.1 Å². The number of aryl methyl sites for hydroxylation is 1. The van der Waals surface area contributed by atoms with Gasteiger partial charge in [-0.25, -0.2) is 0 Å². The molecule has 1 aliphatic heterocycles. The SMILES string of the molecule is Cn1cnnc1C(c1cccc([N+](=O)[O-])c1)C1COC1. The smallest absolute Gasteiger partial charge is 0.269 e. The maximum atomic E-state index is 10.9. The molecule has 1 aromatic heterocycles. The third-order valence-electron chi connectivity index (χ3n) is 3.60. The maximum Gasteiger partial charge on any atom is 0.269 e. The van der Waals surface area contributed by atoms with Gasteiger partial charge >= 0.3 is 0 Å². The van der Waals surface area contributed by atoms with Crippen molar-refractivity contribution >= 4 is 5.69 Å². The number of ether oxygens (including phenoxy) is 1. The van der Waals surface area contributed by atoms with Gasteiger partial charge in [0.2, 0.25) is 0 Å². The number of nitro groups is 1. The zero-order valence-corrected chi connectivity index (χ0v) is 11.0. The summed E-state index contributed by atoms with van der Waals surface area (Å²) in [5.41, 5.74) is 0.971. The highest BCUT2D eigenvalue weighted by Crippen LogP contribution is 2.36. The number of benzene rings is 1. The Bertz CT molecular complexity index is 636. The minimum atomic E-state index is -0.380. The van der Waals surface area contributed by atoms with Crippen molar-refractivity contribution < 1.29 is 9.66 Å². The Morgan fingerprint density at radius 1 is 1.50 bits per heavy atom. The molecule has 3 rings (SSSR count). The summed E-state index contributed by atoms with van der Waals surface area (Å²) in [7, 11) is 1.87. The van der Waals surface area contributed by atoms with Gasteiger partial charge in [0, 0.05) is 25.1 Å². The second-order valence-electron chi connectivity index (χ2n) is 4.93. The molecule has 1 saturated heterocycles. The molecule has 0 N–H and O–H groups in total. The first kappa shape index (κ1) is 12.7. The molecule has 0 amide bonds. The summed E-state index contributed by atoms with van der Waals surface area (Å²) in [5.74, 6) is 1.05. The molecular formula is C13H14N4O3. The van der Waals surface area contributed by atoms with Crippen molar-refractivity contribution in [1.82, 2.24) is 14.8 Å². The highest BCUT2D eigenvalue weighted by molar-refractivity contribution is 5.38. The monoisotopic (exact) mass is 274 g/mol. The van der Waals surface area contributed by atoms with Gasteiger partial charge in [0.1, 0.15) is 12.2 Å². The molecule has 1 unspecified atom stereocenters. The van der Waals surface area contributed by atoms with E-state index in [4.69, 9.17) is 4.74 Å². The van der Waals surface area contributed by atoms with E-state index in [0.717, 1.165) is 11.4 Å². The Labute approximate surface area is 115 Å². The zero-order valence-electron chi connectivity index (χ0n) is 11.0. The van der Waals surface area contributed by atoms with Crippen molar-refractivity contribution in [3.63, 3.8) is 0 Å². The lowest BCUT2D eigenvalue weighted by Gasteiger charge is -2.33. The van der Waals surface area contributed by atoms with Gasteiger partial charge in [-0.2, -0.15) is 0 Å². The molecule has 0 saturated carbocycles. The molecule has 2 aromatic rings. The van der Waals surface area contributed by atoms with Crippen LogP contribution in [0.3, 0.4) is 0 Å². The van der Waals surface area contributed by atoms with Gasteiger partial charge in [0.05, 0.1) is 24.1 Å². The third kappa shape index (κ3) is 2.16. The largest absolute Gasteiger partial charge is 0.381 e. The molecular weight excluding hydrogens is 260 g/mol. The van der Waals surface area contributed by atoms with Crippen LogP contribution in [0.15, 0.2) is 30.6 Å². The molecule has 0 bridgehead atoms. The quantitative estimate of drug-likeness (QED) is 0.623. The Morgan fingerprint density at radius 3 is 2.85 bits per heavy atom. The lowest BCUT2D eigenvalue weighted by molar-refractivity contribution is -0.384. The zero-order chi connectivity index (χ0) is 14.1. The number of nitro benzene ring substituents is 1. The normalized spacial score (nSPS) is 16.6. The molecule has 1 atom stereocenters. The second kappa shape index (κ2) is 5.01. The highest BCUT2D eigenvalue weighted by Gasteiger charge is 2.34. The van der Waals surface area contributed by atoms with Crippen LogP contribution in [-0.4, -0.2) is 32.9 Å². The van der Waals surface area contributed by atoms with Crippen LogP contribution in [0.2, 0.25) is 0 Å². The van der Waals surface area contributed by atoms with E-state index in [1.54, 1.807) is 18.5 Å². The summed E-state index contributed by atoms with van der Waals surface area (Å²) >= 11 is 0. The molecule has 0 spiro atoms. The summed E-state index contributed by atoms with van der Waals surface area (Å²) < 4.78 is 7.11. The molecule has 1 fully saturated rings. The lowest BCUT2D eigenvalue weighted by atomic mass is 9.84. The topological polar surface area (TPSA) is 83.1 Å². The van der Waals surface area contributed by atoms with Crippen LogP contribution in [0.25, 0.3) is 0 Å². The maximum absolute atomic E-state index is 10.9. The van der Waals surface area contributed by atoms with Gasteiger partial charge in [0.25, 0.3) is 5.69 Å². The molecule has 2 heterocycles. The van der Waals surface area contributed by atoms with Gasteiger partial charge in [-0.05, 0) is 5.56 Å². The standard InChI is InChI=1S/C13H14N4O3/c1-16-8-14-15-13(16)12(10-6-20-7-10)9-3-2-4-11(5-9)17(18)19/h2-5,8,10,12H,6-7H2,1H3. The fourth-order valence-electron chi connectivity index (χ4n) is 2.48. The summed E-state index contributed by atoms with van der Waals surface area (Å²) in [6.45, 7) is 1.28. The van der Waals surface area contributed by atoms with E-state index in [-0.39, 0.29) is 22.4 Å². The van der Waals surface area contributed by atoms with E-state index in [2.05, 4.69) is 10.2 Å². The van der Waals surface area contributed by atoms with Gasteiger partial charge in [0.15, 0.2) is 0 Å². The fourth-order valence-corrected chi connectivity index (χ4v) is 2.48. The predicted octanol–water partition coefficient (Wildman–Crippen LogP) is 1.50. The van der Waals surface area contributed by atoms with Gasteiger partial charge in [-0.1, -0.05) is 12.1 Å². The highest BCUT2D eigenvalue weighted by atomic mass is 16.6. The Morgan fingerprint density at radius 2 is 2.30 bits per heavy atom. The van der Waals surface area contributed by atoms with Crippen LogP contribution in [-0.2, 0) is 11.8 Å². The molecule has 7 nitrogen and oxygen atoms in total. The van der Waals surface area contributed by atoms with E-state index >= 15 is 0 Å². The van der Waals surface area contributed by atoms with Crippen LogP contribution >= 0.6 is 0 Å². The first-order valence-corrected chi connectivity index (χ1v) is 6.33. The third-order valence-corrected chi connectivity index (χ3v) is 3.60. The summed E-state index contributed by atoms with van der Waals surface area (Å²) in [6, 6.07) is 6.70. The van der Waals surface area contributed by atoms with E-state index in [9.17, 15) is 10.1 Å². The summed E-state index contributed by atoms with van der Waals surface area (Å²) in [4.78, 5) is 10.5. The lowest BCUT2D eigenvalue weighted by Crippen LogP contribution is -2.34. The van der Waals surface area contributed by atoms with Crippen LogP contribution in [0.1, 0.15) is 17.3 Å². The number of hydrogen-bond acceptors (Lipinski definition) is 5. The number of nitrogens with zero attached hydrogens (tertiary/aromatic N) is 4. The number of non-ortho nitro benzene ring substituents is 1. The molecule has 0 radical (unpaired) electrons. The average molecular weight is 274 g/mol. The molecule has 20 heavy (non-hydrogen) atoms. The Hall–Kier alpha value is -2.28. The van der Waals surface area contributed by atoms with Gasteiger partial charge < -0.3 is 9.30 Å². The molecule has 1 aliphatic rings. The summed E-state index contributed by atoms with van der Waals surface area (Å²) in [6.07, 6.45) is 1.64. The number of aromatic nitrogens is 3. The van der Waals surface area contributed by atoms with E-state index in [1.165, 1.54) is 6.07 Å². The van der Waals surface area contributed by atoms with E-state index in [0.29, 0.717) is 13.2 Å². The average Bonchev–Trinajstić information content (AvgIpc) is 2.79. The first-order chi connectivity index (χ1) is 9.66. The van der Waals surface area contributed by atoms with Crippen molar-refractivity contribution in [3.8, 4) is 0 Å². The van der Waals surface area contributed by atoms with Crippen LogP contribution in [0, 0.1) is 16.0 Å². The van der Waals surface area contributed by atoms with E-state index < -0.39 is 0 Å². The molecule has 0 aliphatic carbocycles. The molecule has 104 valence electrons. The number of hydrogen-bond donors (Lipinski definition) is 0. The van der Waals surface area contributed by atoms with Crippen molar-refractivity contribution in [2.24, 2.45) is 13.0 Å². The van der Waals surface area contributed by atoms with Crippen molar-refractivity contribution in [2.45, 2.75) is 5.92 Å². The predicted molar refractivity (Wildman–Crippen MR) is 70.3 cm³/mol. The minimum Gasteiger partial charge on any atom is -0.381 e. The van der Waals surface area contributed by atoms with Crippen LogP contribution < -0.4 is 0 Å².